The summed E-state index contributed by atoms with van der Waals surface area (Å²) < 4.78 is 10.3. The van der Waals surface area contributed by atoms with E-state index in [1.165, 1.54) is 13.2 Å². The van der Waals surface area contributed by atoms with E-state index < -0.39 is 10.5 Å². The highest BCUT2D eigenvalue weighted by molar-refractivity contribution is 5.64. The Morgan fingerprint density at radius 1 is 1.65 bits per heavy atom. The van der Waals surface area contributed by atoms with E-state index in [0.717, 1.165) is 0 Å². The molecule has 2 atom stereocenters. The summed E-state index contributed by atoms with van der Waals surface area (Å²) >= 11 is 0. The van der Waals surface area contributed by atoms with Gasteiger partial charge < -0.3 is 19.9 Å². The van der Waals surface area contributed by atoms with Crippen LogP contribution in [-0.4, -0.2) is 42.0 Å². The number of nitrogens with one attached hydrogen (secondary N) is 1. The van der Waals surface area contributed by atoms with Crippen LogP contribution in [0.15, 0.2) is 18.2 Å². The maximum absolute atomic E-state index is 11.1. The molecule has 110 valence electrons. The molecule has 7 nitrogen and oxygen atoms in total. The first-order valence-electron chi connectivity index (χ1n) is 6.36. The van der Waals surface area contributed by atoms with Crippen LogP contribution in [0, 0.1) is 10.1 Å². The highest BCUT2D eigenvalue weighted by atomic mass is 16.6. The summed E-state index contributed by atoms with van der Waals surface area (Å²) in [4.78, 5) is 10.6. The zero-order chi connectivity index (χ0) is 14.8. The second-order valence-electron chi connectivity index (χ2n) is 4.86. The number of aliphatic hydroxyl groups is 1. The summed E-state index contributed by atoms with van der Waals surface area (Å²) in [5, 5.41) is 24.4. The van der Waals surface area contributed by atoms with Gasteiger partial charge in [-0.25, -0.2) is 0 Å². The van der Waals surface area contributed by atoms with E-state index in [1.807, 2.05) is 0 Å². The Bertz CT molecular complexity index is 508. The summed E-state index contributed by atoms with van der Waals surface area (Å²) in [5.74, 6) is 0.415. The monoisotopic (exact) mass is 282 g/mol. The molecule has 0 bridgehead atoms. The molecule has 7 heteroatoms. The van der Waals surface area contributed by atoms with Gasteiger partial charge in [0, 0.05) is 19.6 Å². The first-order valence-corrected chi connectivity index (χ1v) is 6.36. The van der Waals surface area contributed by atoms with Gasteiger partial charge in [0.25, 0.3) is 5.69 Å². The number of nitro groups is 1. The number of hydrogen-bond acceptors (Lipinski definition) is 6. The van der Waals surface area contributed by atoms with Crippen LogP contribution in [0.1, 0.15) is 13.3 Å². The molecule has 1 fully saturated rings. The lowest BCUT2D eigenvalue weighted by molar-refractivity contribution is -0.384. The van der Waals surface area contributed by atoms with Crippen molar-refractivity contribution in [2.24, 2.45) is 0 Å². The first kappa shape index (κ1) is 14.5. The Morgan fingerprint density at radius 2 is 2.40 bits per heavy atom. The van der Waals surface area contributed by atoms with E-state index in [-0.39, 0.29) is 18.3 Å². The van der Waals surface area contributed by atoms with Crippen molar-refractivity contribution in [2.75, 3.05) is 25.6 Å². The summed E-state index contributed by atoms with van der Waals surface area (Å²) in [6.45, 7) is 2.47. The quantitative estimate of drug-likeness (QED) is 0.628. The van der Waals surface area contributed by atoms with Gasteiger partial charge in [-0.05, 0) is 19.1 Å². The Morgan fingerprint density at radius 3 is 2.95 bits per heavy atom. The third kappa shape index (κ3) is 2.83. The van der Waals surface area contributed by atoms with Crippen molar-refractivity contribution in [3.05, 3.63) is 28.3 Å². The maximum Gasteiger partial charge on any atom is 0.296 e. The van der Waals surface area contributed by atoms with Gasteiger partial charge in [-0.1, -0.05) is 0 Å². The normalized spacial score (nSPS) is 25.4. The van der Waals surface area contributed by atoms with Gasteiger partial charge in [0.1, 0.15) is 17.0 Å². The lowest BCUT2D eigenvalue weighted by Gasteiger charge is -2.26. The highest BCUT2D eigenvalue weighted by Crippen LogP contribution is 2.31. The molecule has 1 saturated heterocycles. The number of rotatable bonds is 5. The molecular formula is C13H18N2O5. The molecule has 0 amide bonds. The minimum atomic E-state index is -1.01. The second-order valence-corrected chi connectivity index (χ2v) is 4.86. The molecule has 2 unspecified atom stereocenters. The van der Waals surface area contributed by atoms with Crippen molar-refractivity contribution in [1.82, 2.24) is 0 Å². The number of hydrogen-bond donors (Lipinski definition) is 2. The van der Waals surface area contributed by atoms with E-state index >= 15 is 0 Å². The van der Waals surface area contributed by atoms with Crippen LogP contribution < -0.4 is 10.1 Å². The van der Waals surface area contributed by atoms with Gasteiger partial charge in [-0.15, -0.1) is 0 Å². The fraction of sp³-hybridized carbons (Fsp3) is 0.538. The van der Waals surface area contributed by atoms with Crippen molar-refractivity contribution in [1.29, 1.82) is 0 Å². The van der Waals surface area contributed by atoms with Crippen molar-refractivity contribution < 1.29 is 19.5 Å². The summed E-state index contributed by atoms with van der Waals surface area (Å²) in [7, 11) is 1.45. The van der Waals surface area contributed by atoms with E-state index in [0.29, 0.717) is 24.5 Å². The lowest BCUT2D eigenvalue weighted by Crippen LogP contribution is -2.43. The number of benzene rings is 1. The summed E-state index contributed by atoms with van der Waals surface area (Å²) in [6.07, 6.45) is 0.206. The number of anilines is 1. The zero-order valence-electron chi connectivity index (χ0n) is 11.5. The Balaban J connectivity index is 2.15. The van der Waals surface area contributed by atoms with Crippen molar-refractivity contribution in [2.45, 2.75) is 25.0 Å². The van der Waals surface area contributed by atoms with Crippen LogP contribution in [-0.2, 0) is 4.74 Å². The molecular weight excluding hydrogens is 264 g/mol. The largest absolute Gasteiger partial charge is 0.496 e. The SMILES string of the molecule is COc1ccc(NCC2(O)CCOC2C)c([N+](=O)[O-])c1. The second kappa shape index (κ2) is 5.64. The molecule has 0 spiro atoms. The van der Waals surface area contributed by atoms with Crippen LogP contribution >= 0.6 is 0 Å². The Kier molecular flexibility index (Phi) is 4.10. The molecule has 1 heterocycles. The van der Waals surface area contributed by atoms with Gasteiger partial charge in [0.05, 0.1) is 24.2 Å². The third-order valence-corrected chi connectivity index (χ3v) is 3.65. The van der Waals surface area contributed by atoms with Crippen LogP contribution in [0.2, 0.25) is 0 Å². The third-order valence-electron chi connectivity index (χ3n) is 3.65. The van der Waals surface area contributed by atoms with Crippen molar-refractivity contribution in [3.63, 3.8) is 0 Å². The number of methoxy groups -OCH3 is 1. The number of nitrogens with zero attached hydrogens (tertiary/aromatic N) is 1. The molecule has 1 aliphatic heterocycles. The molecule has 1 aliphatic rings. The highest BCUT2D eigenvalue weighted by Gasteiger charge is 2.39. The fourth-order valence-electron chi connectivity index (χ4n) is 2.19. The molecule has 1 aromatic rings. The predicted octanol–water partition coefficient (Wildman–Crippen LogP) is 1.56. The van der Waals surface area contributed by atoms with Crippen LogP contribution in [0.5, 0.6) is 5.75 Å². The van der Waals surface area contributed by atoms with E-state index in [1.54, 1.807) is 19.1 Å². The molecule has 2 rings (SSSR count). The van der Waals surface area contributed by atoms with Crippen molar-refractivity contribution >= 4 is 11.4 Å². The average Bonchev–Trinajstić information content (AvgIpc) is 2.76. The molecule has 0 saturated carbocycles. The molecule has 0 radical (unpaired) electrons. The fourth-order valence-corrected chi connectivity index (χ4v) is 2.19. The summed E-state index contributed by atoms with van der Waals surface area (Å²) in [6, 6.07) is 4.55. The predicted molar refractivity (Wildman–Crippen MR) is 73.1 cm³/mol. The van der Waals surface area contributed by atoms with Crippen LogP contribution in [0.4, 0.5) is 11.4 Å². The smallest absolute Gasteiger partial charge is 0.296 e. The maximum atomic E-state index is 11.1. The zero-order valence-corrected chi connectivity index (χ0v) is 11.5. The van der Waals surface area contributed by atoms with Gasteiger partial charge in [-0.2, -0.15) is 0 Å². The van der Waals surface area contributed by atoms with Crippen LogP contribution in [0.25, 0.3) is 0 Å². The average molecular weight is 282 g/mol. The standard InChI is InChI=1S/C13H18N2O5/c1-9-13(16,5-6-20-9)8-14-11-4-3-10(19-2)7-12(11)15(17)18/h3-4,7,9,14,16H,5-6,8H2,1-2H3. The van der Waals surface area contributed by atoms with Gasteiger partial charge in [0.2, 0.25) is 0 Å². The minimum Gasteiger partial charge on any atom is -0.496 e. The molecule has 0 aromatic heterocycles. The Labute approximate surface area is 116 Å². The number of nitro benzene ring substituents is 1. The molecule has 2 N–H and O–H groups in total. The lowest BCUT2D eigenvalue weighted by atomic mass is 9.96. The molecule has 1 aromatic carbocycles. The van der Waals surface area contributed by atoms with Crippen LogP contribution in [0.3, 0.4) is 0 Å². The van der Waals surface area contributed by atoms with E-state index in [4.69, 9.17) is 9.47 Å². The van der Waals surface area contributed by atoms with Gasteiger partial charge >= 0.3 is 0 Å². The van der Waals surface area contributed by atoms with Gasteiger partial charge in [-0.3, -0.25) is 10.1 Å². The minimum absolute atomic E-state index is 0.0838. The number of ether oxygens (including phenoxy) is 2. The van der Waals surface area contributed by atoms with E-state index in [2.05, 4.69) is 5.32 Å². The summed E-state index contributed by atoms with van der Waals surface area (Å²) in [5.41, 5.74) is -0.740. The van der Waals surface area contributed by atoms with E-state index in [9.17, 15) is 15.2 Å². The Hall–Kier alpha value is -1.86. The van der Waals surface area contributed by atoms with Gasteiger partial charge in [0.15, 0.2) is 0 Å². The molecule has 20 heavy (non-hydrogen) atoms. The van der Waals surface area contributed by atoms with Crippen molar-refractivity contribution in [3.8, 4) is 5.75 Å². The molecule has 0 aliphatic carbocycles. The topological polar surface area (TPSA) is 93.9 Å². The first-order chi connectivity index (χ1) is 9.46.